The number of terminal acetylenes is 1. The Bertz CT molecular complexity index is 751. The fourth-order valence-electron chi connectivity index (χ4n) is 3.24. The Hall–Kier alpha value is -2.45. The van der Waals surface area contributed by atoms with Crippen molar-refractivity contribution >= 4 is 5.78 Å². The van der Waals surface area contributed by atoms with Gasteiger partial charge in [0.05, 0.1) is 31.3 Å². The molecule has 0 radical (unpaired) electrons. The molecule has 26 heavy (non-hydrogen) atoms. The van der Waals surface area contributed by atoms with E-state index >= 15 is 0 Å². The number of hydrogen-bond donors (Lipinski definition) is 1. The van der Waals surface area contributed by atoms with Crippen molar-refractivity contribution in [2.75, 3.05) is 6.61 Å². The molecule has 0 saturated carbocycles. The third-order valence-corrected chi connectivity index (χ3v) is 4.64. The summed E-state index contributed by atoms with van der Waals surface area (Å²) in [6.07, 6.45) is 3.87. The second kappa shape index (κ2) is 8.77. The fraction of sp³-hybridized carbons (Fsp3) is 0.318. The SMILES string of the molecule is C#CC(=O)[C@@H]1C[C@H](OCc2ccccc2)[C@H](O)CO[C@H]1c1ccccc1. The van der Waals surface area contributed by atoms with Crippen LogP contribution in [0.3, 0.4) is 0 Å². The molecule has 1 aliphatic heterocycles. The average molecular weight is 350 g/mol. The maximum atomic E-state index is 12.4. The lowest BCUT2D eigenvalue weighted by molar-refractivity contribution is -0.123. The van der Waals surface area contributed by atoms with Crippen molar-refractivity contribution in [1.29, 1.82) is 0 Å². The third kappa shape index (κ3) is 4.39. The molecule has 0 aromatic heterocycles. The van der Waals surface area contributed by atoms with Gasteiger partial charge in [-0.05, 0) is 23.5 Å². The number of rotatable bonds is 5. The van der Waals surface area contributed by atoms with Crippen LogP contribution in [0, 0.1) is 18.3 Å². The molecule has 1 aliphatic rings. The highest BCUT2D eigenvalue weighted by Crippen LogP contribution is 2.34. The zero-order valence-corrected chi connectivity index (χ0v) is 14.5. The molecular formula is C22H22O4. The molecule has 0 unspecified atom stereocenters. The highest BCUT2D eigenvalue weighted by Gasteiger charge is 2.38. The summed E-state index contributed by atoms with van der Waals surface area (Å²) < 4.78 is 11.8. The third-order valence-electron chi connectivity index (χ3n) is 4.64. The van der Waals surface area contributed by atoms with Crippen LogP contribution in [0.25, 0.3) is 0 Å². The molecule has 0 bridgehead atoms. The van der Waals surface area contributed by atoms with Gasteiger partial charge in [0, 0.05) is 0 Å². The first-order chi connectivity index (χ1) is 12.7. The molecular weight excluding hydrogens is 328 g/mol. The normalized spacial score (nSPS) is 25.8. The van der Waals surface area contributed by atoms with Crippen LogP contribution in [-0.4, -0.2) is 29.7 Å². The summed E-state index contributed by atoms with van der Waals surface area (Å²) in [7, 11) is 0. The van der Waals surface area contributed by atoms with Crippen LogP contribution in [0.1, 0.15) is 23.7 Å². The predicted molar refractivity (Wildman–Crippen MR) is 98.1 cm³/mol. The minimum absolute atomic E-state index is 0.0906. The summed E-state index contributed by atoms with van der Waals surface area (Å²) in [6.45, 7) is 0.447. The van der Waals surface area contributed by atoms with Gasteiger partial charge >= 0.3 is 0 Å². The zero-order valence-electron chi connectivity index (χ0n) is 14.5. The highest BCUT2D eigenvalue weighted by atomic mass is 16.5. The van der Waals surface area contributed by atoms with Gasteiger partial charge in [0.1, 0.15) is 6.10 Å². The van der Waals surface area contributed by atoms with Gasteiger partial charge < -0.3 is 14.6 Å². The Kier molecular flexibility index (Phi) is 6.19. The van der Waals surface area contributed by atoms with Gasteiger partial charge in [-0.1, -0.05) is 60.7 Å². The first kappa shape index (κ1) is 18.3. The smallest absolute Gasteiger partial charge is 0.211 e. The van der Waals surface area contributed by atoms with Crippen molar-refractivity contribution in [3.05, 3.63) is 71.8 Å². The van der Waals surface area contributed by atoms with E-state index in [-0.39, 0.29) is 12.4 Å². The molecule has 2 aromatic rings. The summed E-state index contributed by atoms with van der Waals surface area (Å²) in [6, 6.07) is 19.2. The number of hydrogen-bond acceptors (Lipinski definition) is 4. The Balaban J connectivity index is 1.78. The monoisotopic (exact) mass is 350 g/mol. The van der Waals surface area contributed by atoms with E-state index < -0.39 is 24.2 Å². The molecule has 1 saturated heterocycles. The molecule has 0 aliphatic carbocycles. The quantitative estimate of drug-likeness (QED) is 0.665. The maximum Gasteiger partial charge on any atom is 0.211 e. The van der Waals surface area contributed by atoms with E-state index in [0.29, 0.717) is 13.0 Å². The van der Waals surface area contributed by atoms with Crippen LogP contribution >= 0.6 is 0 Å². The number of ether oxygens (including phenoxy) is 2. The maximum absolute atomic E-state index is 12.4. The second-order valence-electron chi connectivity index (χ2n) is 6.42. The zero-order chi connectivity index (χ0) is 18.4. The summed E-state index contributed by atoms with van der Waals surface area (Å²) in [5, 5.41) is 10.5. The lowest BCUT2D eigenvalue weighted by Gasteiger charge is -2.24. The lowest BCUT2D eigenvalue weighted by Crippen LogP contribution is -2.33. The number of Topliss-reactive ketones (excluding diaryl/α,β-unsaturated/α-hetero) is 1. The molecule has 2 aromatic carbocycles. The van der Waals surface area contributed by atoms with Crippen LogP contribution in [0.4, 0.5) is 0 Å². The van der Waals surface area contributed by atoms with E-state index in [1.807, 2.05) is 60.7 Å². The van der Waals surface area contributed by atoms with Gasteiger partial charge in [0.15, 0.2) is 0 Å². The van der Waals surface area contributed by atoms with E-state index in [4.69, 9.17) is 15.9 Å². The molecule has 1 N–H and O–H groups in total. The number of carbonyl (C=O) groups is 1. The topological polar surface area (TPSA) is 55.8 Å². The van der Waals surface area contributed by atoms with Gasteiger partial charge in [-0.25, -0.2) is 0 Å². The predicted octanol–water partition coefficient (Wildman–Crippen LogP) is 2.91. The van der Waals surface area contributed by atoms with Crippen molar-refractivity contribution in [2.24, 2.45) is 5.92 Å². The summed E-state index contributed by atoms with van der Waals surface area (Å²) >= 11 is 0. The standard InChI is InChI=1S/C22H22O4/c1-2-19(23)18-13-21(25-14-16-9-5-3-6-10-16)20(24)15-26-22(18)17-11-7-4-8-12-17/h1,3-12,18,20-22,24H,13-15H2/t18-,20+,21-,22-/m0/s1. The molecule has 1 fully saturated rings. The van der Waals surface area contributed by atoms with E-state index in [1.54, 1.807) is 0 Å². The van der Waals surface area contributed by atoms with E-state index in [9.17, 15) is 9.90 Å². The highest BCUT2D eigenvalue weighted by molar-refractivity contribution is 5.97. The Morgan fingerprint density at radius 2 is 1.81 bits per heavy atom. The molecule has 0 spiro atoms. The van der Waals surface area contributed by atoms with Crippen molar-refractivity contribution in [1.82, 2.24) is 0 Å². The Labute approximate surface area is 153 Å². The molecule has 4 nitrogen and oxygen atoms in total. The van der Waals surface area contributed by atoms with Crippen molar-refractivity contribution in [3.63, 3.8) is 0 Å². The van der Waals surface area contributed by atoms with Gasteiger partial charge in [-0.15, -0.1) is 6.42 Å². The largest absolute Gasteiger partial charge is 0.388 e. The number of carbonyl (C=O) groups excluding carboxylic acids is 1. The molecule has 4 atom stereocenters. The van der Waals surface area contributed by atoms with Gasteiger partial charge in [0.2, 0.25) is 5.78 Å². The van der Waals surface area contributed by atoms with Crippen LogP contribution in [-0.2, 0) is 20.9 Å². The van der Waals surface area contributed by atoms with Crippen LogP contribution in [0.2, 0.25) is 0 Å². The van der Waals surface area contributed by atoms with Crippen molar-refractivity contribution in [3.8, 4) is 12.3 Å². The molecule has 4 heteroatoms. The van der Waals surface area contributed by atoms with Crippen molar-refractivity contribution < 1.29 is 19.4 Å². The second-order valence-corrected chi connectivity index (χ2v) is 6.42. The molecule has 3 rings (SSSR count). The van der Waals surface area contributed by atoms with Crippen molar-refractivity contribution in [2.45, 2.75) is 31.3 Å². The van der Waals surface area contributed by atoms with Gasteiger partial charge in [-0.2, -0.15) is 0 Å². The number of aliphatic hydroxyl groups excluding tert-OH is 1. The lowest BCUT2D eigenvalue weighted by atomic mass is 9.87. The van der Waals surface area contributed by atoms with Gasteiger partial charge in [0.25, 0.3) is 0 Å². The van der Waals surface area contributed by atoms with E-state index in [2.05, 4.69) is 5.92 Å². The minimum Gasteiger partial charge on any atom is -0.388 e. The Morgan fingerprint density at radius 1 is 1.15 bits per heavy atom. The summed E-state index contributed by atoms with van der Waals surface area (Å²) in [4.78, 5) is 12.4. The van der Waals surface area contributed by atoms with Crippen LogP contribution < -0.4 is 0 Å². The van der Waals surface area contributed by atoms with Crippen LogP contribution in [0.5, 0.6) is 0 Å². The number of ketones is 1. The number of aliphatic hydroxyl groups is 1. The fourth-order valence-corrected chi connectivity index (χ4v) is 3.24. The molecule has 0 amide bonds. The van der Waals surface area contributed by atoms with E-state index in [0.717, 1.165) is 11.1 Å². The first-order valence-electron chi connectivity index (χ1n) is 8.69. The average Bonchev–Trinajstić information content (AvgIpc) is 2.86. The number of benzene rings is 2. The molecule has 134 valence electrons. The van der Waals surface area contributed by atoms with E-state index in [1.165, 1.54) is 0 Å². The van der Waals surface area contributed by atoms with Crippen LogP contribution in [0.15, 0.2) is 60.7 Å². The Morgan fingerprint density at radius 3 is 2.46 bits per heavy atom. The molecule has 1 heterocycles. The minimum atomic E-state index is -0.819. The first-order valence-corrected chi connectivity index (χ1v) is 8.69. The summed E-state index contributed by atoms with van der Waals surface area (Å²) in [5.41, 5.74) is 1.88. The summed E-state index contributed by atoms with van der Waals surface area (Å²) in [5.74, 6) is 1.33. The van der Waals surface area contributed by atoms with Gasteiger partial charge in [-0.3, -0.25) is 4.79 Å².